The molecule has 0 atom stereocenters. The molecule has 0 saturated heterocycles. The van der Waals surface area contributed by atoms with Crippen LogP contribution in [0.25, 0.3) is 0 Å². The third-order valence-electron chi connectivity index (χ3n) is 3.07. The van der Waals surface area contributed by atoms with Crippen molar-refractivity contribution in [2.45, 2.75) is 20.0 Å². The maximum atomic E-state index is 12.4. The number of nitrogens with zero attached hydrogens (tertiary/aromatic N) is 1. The fourth-order valence-corrected chi connectivity index (χ4v) is 1.98. The van der Waals surface area contributed by atoms with E-state index in [1.165, 1.54) is 0 Å². The molecule has 0 fully saturated rings. The molecule has 0 amide bonds. The highest BCUT2D eigenvalue weighted by molar-refractivity contribution is 5.52. The molecule has 0 unspecified atom stereocenters. The van der Waals surface area contributed by atoms with Crippen molar-refractivity contribution in [1.82, 2.24) is 0 Å². The molecule has 0 aromatic heterocycles. The number of hydrazine groups is 1. The van der Waals surface area contributed by atoms with Gasteiger partial charge in [0.2, 0.25) is 5.75 Å². The van der Waals surface area contributed by atoms with Crippen molar-refractivity contribution in [3.63, 3.8) is 0 Å². The van der Waals surface area contributed by atoms with Gasteiger partial charge >= 0.3 is 5.69 Å². The second-order valence-electron chi connectivity index (χ2n) is 5.13. The molecule has 0 aliphatic rings. The van der Waals surface area contributed by atoms with Gasteiger partial charge in [0, 0.05) is 12.1 Å². The minimum atomic E-state index is -0.0600. The summed E-state index contributed by atoms with van der Waals surface area (Å²) in [5.74, 6) is 1.80. The van der Waals surface area contributed by atoms with Gasteiger partial charge in [0.15, 0.2) is 4.87 Å². The molecule has 2 aromatic carbocycles. The molecule has 1 N–H and O–H groups in total. The fraction of sp³-hybridized carbons (Fsp3) is 0.294. The summed E-state index contributed by atoms with van der Waals surface area (Å²) in [7, 11) is 3.16. The number of hydrogen-bond acceptors (Lipinski definition) is 4. The topological polar surface area (TPSA) is 59.8 Å². The van der Waals surface area contributed by atoms with Crippen LogP contribution in [0.15, 0.2) is 42.5 Å². The Hall–Kier alpha value is -2.76. The Morgan fingerprint density at radius 1 is 0.957 bits per heavy atom. The average molecular weight is 317 g/mol. The molecule has 0 aliphatic heterocycles. The first-order valence-electron chi connectivity index (χ1n) is 7.26. The highest BCUT2D eigenvalue weighted by Crippen LogP contribution is 2.32. The van der Waals surface area contributed by atoms with E-state index in [1.807, 2.05) is 13.8 Å². The quantitative estimate of drug-likeness (QED) is 0.619. The Kier molecular flexibility index (Phi) is 5.41. The van der Waals surface area contributed by atoms with E-state index in [0.717, 1.165) is 5.75 Å². The second kappa shape index (κ2) is 7.49. The van der Waals surface area contributed by atoms with E-state index in [2.05, 4.69) is 5.43 Å². The Morgan fingerprint density at radius 3 is 2.13 bits per heavy atom. The van der Waals surface area contributed by atoms with E-state index < -0.39 is 0 Å². The minimum absolute atomic E-state index is 0.0600. The monoisotopic (exact) mass is 317 g/mol. The van der Waals surface area contributed by atoms with Crippen LogP contribution in [0.5, 0.6) is 17.2 Å². The summed E-state index contributed by atoms with van der Waals surface area (Å²) in [4.78, 5) is 13.1. The molecule has 0 aliphatic carbocycles. The van der Waals surface area contributed by atoms with Gasteiger partial charge in [0.1, 0.15) is 17.2 Å². The summed E-state index contributed by atoms with van der Waals surface area (Å²) in [5, 5.41) is 0. The van der Waals surface area contributed by atoms with Crippen LogP contribution < -0.4 is 19.6 Å². The maximum Gasteiger partial charge on any atom is 0.334 e. The summed E-state index contributed by atoms with van der Waals surface area (Å²) in [5.41, 5.74) is 3.78. The Morgan fingerprint density at radius 2 is 1.57 bits per heavy atom. The molecule has 122 valence electrons. The predicted octanol–water partition coefficient (Wildman–Crippen LogP) is 3.93. The van der Waals surface area contributed by atoms with Crippen LogP contribution in [0.3, 0.4) is 0 Å². The van der Waals surface area contributed by atoms with Crippen molar-refractivity contribution in [1.29, 1.82) is 0 Å². The highest BCUT2D eigenvalue weighted by Gasteiger charge is 2.23. The van der Waals surface area contributed by atoms with Gasteiger partial charge in [-0.15, -0.1) is 5.43 Å². The molecule has 2 aromatic rings. The first-order valence-corrected chi connectivity index (χ1v) is 7.26. The molecule has 23 heavy (non-hydrogen) atoms. The summed E-state index contributed by atoms with van der Waals surface area (Å²) in [6.07, 6.45) is -0.0600. The molecule has 0 spiro atoms. The maximum absolute atomic E-state index is 12.4. The lowest BCUT2D eigenvalue weighted by molar-refractivity contribution is -0.428. The first kappa shape index (κ1) is 16.6. The number of anilines is 1. The first-order chi connectivity index (χ1) is 11.0. The van der Waals surface area contributed by atoms with E-state index in [1.54, 1.807) is 56.7 Å². The summed E-state index contributed by atoms with van der Waals surface area (Å²) < 4.78 is 16.0. The zero-order valence-electron chi connectivity index (χ0n) is 13.7. The summed E-state index contributed by atoms with van der Waals surface area (Å²) >= 11 is 0. The third-order valence-corrected chi connectivity index (χ3v) is 3.07. The van der Waals surface area contributed by atoms with Crippen LogP contribution in [-0.2, 0) is 0 Å². The molecule has 0 saturated carbocycles. The number of benzene rings is 2. The van der Waals surface area contributed by atoms with Gasteiger partial charge in [-0.3, -0.25) is 0 Å². The van der Waals surface area contributed by atoms with Crippen molar-refractivity contribution in [2.75, 3.05) is 19.6 Å². The molecular weight excluding hydrogens is 296 g/mol. The lowest BCUT2D eigenvalue weighted by atomic mass is 10.2. The molecule has 0 heterocycles. The zero-order valence-corrected chi connectivity index (χ0v) is 13.7. The Bertz CT molecular complexity index is 669. The van der Waals surface area contributed by atoms with Gasteiger partial charge in [-0.1, -0.05) is 0 Å². The standard InChI is InChI=1S/C17H21N2O4/c1-12(2)23-17-11-15(22-4)9-10-16(17)19(20)18-13-5-7-14(21-3)8-6-13/h5-12H,1-4H3,(H,18,20)/q+1. The van der Waals surface area contributed by atoms with E-state index in [9.17, 15) is 4.91 Å². The molecule has 0 bridgehead atoms. The predicted molar refractivity (Wildman–Crippen MR) is 88.7 cm³/mol. The van der Waals surface area contributed by atoms with Crippen LogP contribution in [0.2, 0.25) is 0 Å². The van der Waals surface area contributed by atoms with Gasteiger partial charge < -0.3 is 14.2 Å². The van der Waals surface area contributed by atoms with Gasteiger partial charge in [0.25, 0.3) is 0 Å². The average Bonchev–Trinajstić information content (AvgIpc) is 2.54. The summed E-state index contributed by atoms with van der Waals surface area (Å²) in [6, 6.07) is 12.1. The zero-order chi connectivity index (χ0) is 16.8. The van der Waals surface area contributed by atoms with E-state index in [0.29, 0.717) is 27.7 Å². The highest BCUT2D eigenvalue weighted by atomic mass is 16.5. The summed E-state index contributed by atoms with van der Waals surface area (Å²) in [6.45, 7) is 3.80. The minimum Gasteiger partial charge on any atom is -0.497 e. The van der Waals surface area contributed by atoms with Crippen molar-refractivity contribution < 1.29 is 19.1 Å². The smallest absolute Gasteiger partial charge is 0.334 e. The van der Waals surface area contributed by atoms with Gasteiger partial charge in [-0.05, 0) is 44.2 Å². The number of rotatable bonds is 7. The molecule has 2 rings (SSSR count). The molecule has 6 nitrogen and oxygen atoms in total. The van der Waals surface area contributed by atoms with Crippen molar-refractivity contribution in [2.24, 2.45) is 0 Å². The number of nitroso groups, excluding NO2 is 1. The Balaban J connectivity index is 2.22. The number of methoxy groups -OCH3 is 2. The number of hydrogen-bond donors (Lipinski definition) is 1. The molecular formula is C17H21N2O4+. The number of nitrogens with one attached hydrogen (secondary N) is 1. The second-order valence-corrected chi connectivity index (χ2v) is 5.13. The van der Waals surface area contributed by atoms with Crippen LogP contribution in [-0.4, -0.2) is 25.2 Å². The molecule has 0 radical (unpaired) electrons. The normalized spacial score (nSPS) is 10.3. The van der Waals surface area contributed by atoms with E-state index in [-0.39, 0.29) is 6.10 Å². The fourth-order valence-electron chi connectivity index (χ4n) is 1.98. The van der Waals surface area contributed by atoms with E-state index >= 15 is 0 Å². The molecule has 6 heteroatoms. The Labute approximate surface area is 135 Å². The lowest BCUT2D eigenvalue weighted by Crippen LogP contribution is -2.13. The van der Waals surface area contributed by atoms with Gasteiger partial charge in [-0.25, -0.2) is 0 Å². The van der Waals surface area contributed by atoms with E-state index in [4.69, 9.17) is 14.2 Å². The third kappa shape index (κ3) is 4.35. The van der Waals surface area contributed by atoms with Crippen LogP contribution >= 0.6 is 0 Å². The van der Waals surface area contributed by atoms with Gasteiger partial charge in [-0.2, -0.15) is 0 Å². The SMILES string of the molecule is COc1ccc(N[N+](=O)c2ccc(OC)cc2OC(C)C)cc1. The van der Waals surface area contributed by atoms with Crippen molar-refractivity contribution >= 4 is 11.4 Å². The van der Waals surface area contributed by atoms with Crippen LogP contribution in [0.1, 0.15) is 13.8 Å². The van der Waals surface area contributed by atoms with Crippen molar-refractivity contribution in [3.05, 3.63) is 47.4 Å². The largest absolute Gasteiger partial charge is 0.497 e. The van der Waals surface area contributed by atoms with Crippen molar-refractivity contribution in [3.8, 4) is 17.2 Å². The van der Waals surface area contributed by atoms with Gasteiger partial charge in [0.05, 0.1) is 25.2 Å². The van der Waals surface area contributed by atoms with Crippen LogP contribution in [0, 0.1) is 4.91 Å². The number of ether oxygens (including phenoxy) is 3. The lowest BCUT2D eigenvalue weighted by Gasteiger charge is -2.11. The van der Waals surface area contributed by atoms with Crippen LogP contribution in [0.4, 0.5) is 11.4 Å².